The lowest BCUT2D eigenvalue weighted by molar-refractivity contribution is 1.18. The maximum absolute atomic E-state index is 5.13. The van der Waals surface area contributed by atoms with Gasteiger partial charge < -0.3 is 4.57 Å². The van der Waals surface area contributed by atoms with Gasteiger partial charge in [0.15, 0.2) is 5.82 Å². The topological polar surface area (TPSA) is 30.7 Å². The van der Waals surface area contributed by atoms with Crippen LogP contribution in [0.25, 0.3) is 94.8 Å². The van der Waals surface area contributed by atoms with Gasteiger partial charge in [-0.15, -0.1) is 0 Å². The first-order valence-corrected chi connectivity index (χ1v) is 19.2. The van der Waals surface area contributed by atoms with Crippen molar-refractivity contribution in [2.24, 2.45) is 0 Å². The molecule has 10 aromatic rings. The predicted molar refractivity (Wildman–Crippen MR) is 232 cm³/mol. The van der Waals surface area contributed by atoms with Crippen LogP contribution < -0.4 is 0 Å². The fraction of sp³-hybridized carbons (Fsp3) is 0.0189. The maximum atomic E-state index is 5.13. The highest BCUT2D eigenvalue weighted by Crippen LogP contribution is 2.45. The summed E-state index contributed by atoms with van der Waals surface area (Å²) in [7, 11) is 0. The van der Waals surface area contributed by atoms with Gasteiger partial charge in [0, 0.05) is 33.2 Å². The molecule has 1 aliphatic carbocycles. The third-order valence-corrected chi connectivity index (χ3v) is 11.2. The van der Waals surface area contributed by atoms with Crippen LogP contribution in [0.3, 0.4) is 0 Å². The summed E-state index contributed by atoms with van der Waals surface area (Å²) in [4.78, 5) is 10.3. The van der Waals surface area contributed by atoms with Crippen LogP contribution in [-0.4, -0.2) is 14.5 Å². The molecule has 0 atom stereocenters. The van der Waals surface area contributed by atoms with Gasteiger partial charge in [-0.3, -0.25) is 0 Å². The summed E-state index contributed by atoms with van der Waals surface area (Å²) in [6, 6.07) is 71.7. The second kappa shape index (κ2) is 13.2. The van der Waals surface area contributed by atoms with E-state index < -0.39 is 0 Å². The van der Waals surface area contributed by atoms with Crippen LogP contribution in [-0.2, 0) is 6.42 Å². The molecule has 0 amide bonds. The van der Waals surface area contributed by atoms with Crippen molar-refractivity contribution in [1.82, 2.24) is 14.5 Å². The van der Waals surface area contributed by atoms with Crippen molar-refractivity contribution in [1.29, 1.82) is 0 Å². The highest BCUT2D eigenvalue weighted by Gasteiger charge is 2.23. The fourth-order valence-corrected chi connectivity index (χ4v) is 8.58. The zero-order valence-corrected chi connectivity index (χ0v) is 30.6. The Morgan fingerprint density at radius 1 is 0.357 bits per heavy atom. The standard InChI is InChI=1S/C53H35N3/c1-4-14-35(15-5-1)48-34-49(36-16-6-2-7-17-36)55-53(54-48)42-20-12-18-39(31-42)44-24-13-19-41-30-40-27-26-37(32-46(40)52(41)44)38-28-29-51-47(33-38)45-23-10-11-25-50(45)56(51)43-21-8-3-9-22-43/h1-29,31-34H,30H2. The zero-order valence-electron chi connectivity index (χ0n) is 30.6. The van der Waals surface area contributed by atoms with Gasteiger partial charge in [0.25, 0.3) is 0 Å². The lowest BCUT2D eigenvalue weighted by Gasteiger charge is -2.13. The van der Waals surface area contributed by atoms with E-state index in [4.69, 9.17) is 9.97 Å². The SMILES string of the molecule is c1ccc(-c2cc(-c3ccccc3)nc(-c3cccc(-c4cccc5c4-c4cc(-c6ccc7c(c6)c6ccccc6n7-c6ccccc6)ccc4C5)c3)n2)cc1. The summed E-state index contributed by atoms with van der Waals surface area (Å²) >= 11 is 0. The first-order valence-electron chi connectivity index (χ1n) is 19.2. The number of nitrogens with zero attached hydrogens (tertiary/aromatic N) is 3. The Morgan fingerprint density at radius 3 is 1.73 bits per heavy atom. The van der Waals surface area contributed by atoms with E-state index in [9.17, 15) is 0 Å². The van der Waals surface area contributed by atoms with E-state index in [1.165, 1.54) is 66.4 Å². The first kappa shape index (κ1) is 32.1. The summed E-state index contributed by atoms with van der Waals surface area (Å²) in [5.74, 6) is 0.714. The van der Waals surface area contributed by atoms with Crippen LogP contribution in [0.5, 0.6) is 0 Å². The molecule has 0 N–H and O–H groups in total. The Morgan fingerprint density at radius 2 is 0.964 bits per heavy atom. The second-order valence-corrected chi connectivity index (χ2v) is 14.6. The normalized spacial score (nSPS) is 11.9. The first-order chi connectivity index (χ1) is 27.7. The van der Waals surface area contributed by atoms with Crippen LogP contribution >= 0.6 is 0 Å². The number of benzene rings is 8. The molecule has 0 unspecified atom stereocenters. The Kier molecular flexibility index (Phi) is 7.56. The average molecular weight is 714 g/mol. The van der Waals surface area contributed by atoms with Gasteiger partial charge in [-0.2, -0.15) is 0 Å². The predicted octanol–water partition coefficient (Wildman–Crippen LogP) is 13.5. The van der Waals surface area contributed by atoms with E-state index in [1.807, 2.05) is 12.1 Å². The molecule has 262 valence electrons. The molecular weight excluding hydrogens is 679 g/mol. The van der Waals surface area contributed by atoms with E-state index >= 15 is 0 Å². The molecule has 0 fully saturated rings. The van der Waals surface area contributed by atoms with Crippen LogP contribution in [0.15, 0.2) is 200 Å². The van der Waals surface area contributed by atoms with Crippen molar-refractivity contribution >= 4 is 21.8 Å². The average Bonchev–Trinajstić information content (AvgIpc) is 3.82. The summed E-state index contributed by atoms with van der Waals surface area (Å²) in [5, 5.41) is 2.52. The molecule has 2 heterocycles. The van der Waals surface area contributed by atoms with E-state index in [1.54, 1.807) is 0 Å². The monoisotopic (exact) mass is 713 g/mol. The van der Waals surface area contributed by atoms with Crippen LogP contribution in [0.2, 0.25) is 0 Å². The van der Waals surface area contributed by atoms with Crippen molar-refractivity contribution in [3.8, 4) is 73.0 Å². The van der Waals surface area contributed by atoms with E-state index in [2.05, 4.69) is 193 Å². The molecule has 0 saturated heterocycles. The van der Waals surface area contributed by atoms with Gasteiger partial charge in [-0.25, -0.2) is 9.97 Å². The second-order valence-electron chi connectivity index (χ2n) is 14.6. The number of para-hydroxylation sites is 2. The Balaban J connectivity index is 1.01. The molecule has 0 spiro atoms. The molecule has 56 heavy (non-hydrogen) atoms. The number of fused-ring (bicyclic) bond motifs is 6. The molecule has 0 bridgehead atoms. The van der Waals surface area contributed by atoms with Crippen molar-refractivity contribution in [2.45, 2.75) is 6.42 Å². The zero-order chi connectivity index (χ0) is 37.0. The van der Waals surface area contributed by atoms with Gasteiger partial charge in [0.2, 0.25) is 0 Å². The molecule has 3 nitrogen and oxygen atoms in total. The third kappa shape index (κ3) is 5.44. The molecule has 8 aromatic carbocycles. The van der Waals surface area contributed by atoms with E-state index in [-0.39, 0.29) is 0 Å². The number of hydrogen-bond donors (Lipinski definition) is 0. The Hall–Kier alpha value is -7.36. The number of aromatic nitrogens is 3. The molecule has 2 aromatic heterocycles. The minimum atomic E-state index is 0.714. The van der Waals surface area contributed by atoms with E-state index in [0.29, 0.717) is 5.82 Å². The minimum Gasteiger partial charge on any atom is -0.309 e. The third-order valence-electron chi connectivity index (χ3n) is 11.2. The van der Waals surface area contributed by atoms with Gasteiger partial charge in [0.05, 0.1) is 22.4 Å². The van der Waals surface area contributed by atoms with Crippen molar-refractivity contribution in [2.75, 3.05) is 0 Å². The van der Waals surface area contributed by atoms with E-state index in [0.717, 1.165) is 40.1 Å². The van der Waals surface area contributed by atoms with Crippen molar-refractivity contribution in [3.63, 3.8) is 0 Å². The lowest BCUT2D eigenvalue weighted by atomic mass is 9.91. The smallest absolute Gasteiger partial charge is 0.160 e. The van der Waals surface area contributed by atoms with Gasteiger partial charge in [-0.05, 0) is 99.5 Å². The molecule has 1 aliphatic rings. The molecular formula is C53H35N3. The number of hydrogen-bond acceptors (Lipinski definition) is 2. The molecule has 0 saturated carbocycles. The quantitative estimate of drug-likeness (QED) is 0.172. The van der Waals surface area contributed by atoms with Crippen LogP contribution in [0.1, 0.15) is 11.1 Å². The Labute approximate surface area is 325 Å². The van der Waals surface area contributed by atoms with Crippen LogP contribution in [0.4, 0.5) is 0 Å². The highest BCUT2D eigenvalue weighted by atomic mass is 15.0. The summed E-state index contributed by atoms with van der Waals surface area (Å²) < 4.78 is 2.37. The molecule has 11 rings (SSSR count). The maximum Gasteiger partial charge on any atom is 0.160 e. The lowest BCUT2D eigenvalue weighted by Crippen LogP contribution is -1.96. The molecule has 0 aliphatic heterocycles. The minimum absolute atomic E-state index is 0.714. The summed E-state index contributed by atoms with van der Waals surface area (Å²) in [6.45, 7) is 0. The molecule has 0 radical (unpaired) electrons. The number of rotatable bonds is 6. The highest BCUT2D eigenvalue weighted by molar-refractivity contribution is 6.10. The molecule has 3 heteroatoms. The van der Waals surface area contributed by atoms with Crippen molar-refractivity contribution in [3.05, 3.63) is 211 Å². The van der Waals surface area contributed by atoms with Crippen LogP contribution in [0, 0.1) is 0 Å². The summed E-state index contributed by atoms with van der Waals surface area (Å²) in [5.41, 5.74) is 18.7. The Bertz CT molecular complexity index is 3030. The van der Waals surface area contributed by atoms with Gasteiger partial charge in [-0.1, -0.05) is 152 Å². The van der Waals surface area contributed by atoms with Gasteiger partial charge >= 0.3 is 0 Å². The fourth-order valence-electron chi connectivity index (χ4n) is 8.58. The van der Waals surface area contributed by atoms with Crippen molar-refractivity contribution < 1.29 is 0 Å². The van der Waals surface area contributed by atoms with Gasteiger partial charge in [0.1, 0.15) is 0 Å². The largest absolute Gasteiger partial charge is 0.309 e. The summed E-state index contributed by atoms with van der Waals surface area (Å²) in [6.07, 6.45) is 0.921.